The maximum Gasteiger partial charge on any atom is 0.335 e. The standard InChI is InChI=1S/C32H33FN8O5/c1-20(2)40-18-26(30(43)41(32(40)45)23-9-5-21(33)6-10-23)29(42)36-22-7-11-25(12-8-22)46-28-15-27(34-19-35-28)37-31(44)39-16-24(17-39)38-13-3-4-14-38/h5-12,15,18-20,24H,3-4,13-14,16-17H2,1-2H3,(H,36,42)(H,34,35,37,44). The normalized spacial score (nSPS) is 15.1. The highest BCUT2D eigenvalue weighted by atomic mass is 19.1. The molecule has 2 saturated heterocycles. The second kappa shape index (κ2) is 12.9. The van der Waals surface area contributed by atoms with Gasteiger partial charge in [0.15, 0.2) is 0 Å². The van der Waals surface area contributed by atoms with Crippen molar-refractivity contribution in [2.75, 3.05) is 36.8 Å². The Labute approximate surface area is 263 Å². The summed E-state index contributed by atoms with van der Waals surface area (Å²) in [6, 6.07) is 12.6. The van der Waals surface area contributed by atoms with Crippen molar-refractivity contribution in [3.63, 3.8) is 0 Å². The molecule has 13 nitrogen and oxygen atoms in total. The molecule has 3 amide bonds. The lowest BCUT2D eigenvalue weighted by molar-refractivity contribution is 0.0775. The Bertz CT molecular complexity index is 1860. The molecule has 0 saturated carbocycles. The molecule has 2 aromatic carbocycles. The number of anilines is 2. The number of hydrogen-bond donors (Lipinski definition) is 2. The average Bonchev–Trinajstić information content (AvgIpc) is 3.53. The zero-order valence-electron chi connectivity index (χ0n) is 25.4. The van der Waals surface area contributed by atoms with Gasteiger partial charge in [0.25, 0.3) is 11.5 Å². The minimum atomic E-state index is -0.835. The van der Waals surface area contributed by atoms with Gasteiger partial charge in [0.05, 0.1) is 5.69 Å². The Morgan fingerprint density at radius 3 is 2.33 bits per heavy atom. The number of nitrogens with zero attached hydrogens (tertiary/aromatic N) is 6. The summed E-state index contributed by atoms with van der Waals surface area (Å²) >= 11 is 0. The molecule has 4 aromatic rings. The van der Waals surface area contributed by atoms with Crippen LogP contribution in [-0.4, -0.2) is 73.1 Å². The first-order chi connectivity index (χ1) is 22.2. The number of hydrogen-bond acceptors (Lipinski definition) is 8. The van der Waals surface area contributed by atoms with Crippen LogP contribution in [0.2, 0.25) is 0 Å². The summed E-state index contributed by atoms with van der Waals surface area (Å²) in [6.07, 6.45) is 4.93. The zero-order valence-corrected chi connectivity index (χ0v) is 25.4. The van der Waals surface area contributed by atoms with Crippen molar-refractivity contribution in [1.82, 2.24) is 28.9 Å². The summed E-state index contributed by atoms with van der Waals surface area (Å²) in [5.74, 6) is -0.344. The van der Waals surface area contributed by atoms with Crippen LogP contribution in [0.3, 0.4) is 0 Å². The van der Waals surface area contributed by atoms with Gasteiger partial charge >= 0.3 is 11.7 Å². The van der Waals surface area contributed by atoms with E-state index in [1.54, 1.807) is 43.0 Å². The Morgan fingerprint density at radius 2 is 1.65 bits per heavy atom. The molecule has 2 fully saturated rings. The monoisotopic (exact) mass is 628 g/mol. The first-order valence-electron chi connectivity index (χ1n) is 15.0. The molecule has 0 unspecified atom stereocenters. The van der Waals surface area contributed by atoms with Gasteiger partial charge in [-0.3, -0.25) is 24.4 Å². The van der Waals surface area contributed by atoms with Crippen molar-refractivity contribution >= 4 is 23.4 Å². The van der Waals surface area contributed by atoms with E-state index in [1.165, 1.54) is 48.1 Å². The van der Waals surface area contributed by atoms with E-state index in [2.05, 4.69) is 25.5 Å². The Kier molecular flexibility index (Phi) is 8.61. The summed E-state index contributed by atoms with van der Waals surface area (Å²) in [5.41, 5.74) is -1.24. The number of carbonyl (C=O) groups excluding carboxylic acids is 2. The van der Waals surface area contributed by atoms with Crippen LogP contribution in [0.25, 0.3) is 5.69 Å². The molecule has 238 valence electrons. The molecule has 2 aliphatic heterocycles. The number of aromatic nitrogens is 4. The van der Waals surface area contributed by atoms with Gasteiger partial charge in [-0.25, -0.2) is 28.5 Å². The van der Waals surface area contributed by atoms with Crippen LogP contribution in [0, 0.1) is 5.82 Å². The fraction of sp³-hybridized carbons (Fsp3) is 0.312. The molecule has 0 radical (unpaired) electrons. The number of rotatable bonds is 8. The van der Waals surface area contributed by atoms with Gasteiger partial charge < -0.3 is 15.0 Å². The molecule has 14 heteroatoms. The number of carbonyl (C=O) groups is 2. The second-order valence-corrected chi connectivity index (χ2v) is 11.5. The van der Waals surface area contributed by atoms with Gasteiger partial charge in [0, 0.05) is 43.1 Å². The highest BCUT2D eigenvalue weighted by molar-refractivity contribution is 6.03. The fourth-order valence-electron chi connectivity index (χ4n) is 5.45. The quantitative estimate of drug-likeness (QED) is 0.300. The Morgan fingerprint density at radius 1 is 0.957 bits per heavy atom. The minimum absolute atomic E-state index is 0.140. The molecule has 4 heterocycles. The summed E-state index contributed by atoms with van der Waals surface area (Å²) in [5, 5.41) is 5.46. The predicted octanol–water partition coefficient (Wildman–Crippen LogP) is 3.87. The van der Waals surface area contributed by atoms with Crippen LogP contribution in [0.4, 0.5) is 20.7 Å². The van der Waals surface area contributed by atoms with Gasteiger partial charge in [-0.1, -0.05) is 0 Å². The number of ether oxygens (including phenoxy) is 1. The van der Waals surface area contributed by atoms with Crippen molar-refractivity contribution in [2.24, 2.45) is 0 Å². The zero-order chi connectivity index (χ0) is 32.4. The number of amides is 3. The number of nitrogens with one attached hydrogen (secondary N) is 2. The fourth-order valence-corrected chi connectivity index (χ4v) is 5.45. The lowest BCUT2D eigenvalue weighted by Crippen LogP contribution is -2.61. The first-order valence-corrected chi connectivity index (χ1v) is 15.0. The van der Waals surface area contributed by atoms with Gasteiger partial charge in [-0.05, 0) is 88.3 Å². The third kappa shape index (κ3) is 6.52. The third-order valence-electron chi connectivity index (χ3n) is 8.02. The SMILES string of the molecule is CC(C)n1cc(C(=O)Nc2ccc(Oc3cc(NC(=O)N4CC(N5CCCC5)C4)ncn3)cc2)c(=O)n(-c2ccc(F)cc2)c1=O. The predicted molar refractivity (Wildman–Crippen MR) is 168 cm³/mol. The van der Waals surface area contributed by atoms with Crippen molar-refractivity contribution in [1.29, 1.82) is 0 Å². The van der Waals surface area contributed by atoms with Crippen molar-refractivity contribution in [3.8, 4) is 17.3 Å². The van der Waals surface area contributed by atoms with E-state index < -0.39 is 23.0 Å². The van der Waals surface area contributed by atoms with Gasteiger partial charge in [-0.15, -0.1) is 0 Å². The summed E-state index contributed by atoms with van der Waals surface area (Å²) in [4.78, 5) is 64.6. The highest BCUT2D eigenvalue weighted by Gasteiger charge is 2.35. The average molecular weight is 629 g/mol. The molecule has 0 spiro atoms. The van der Waals surface area contributed by atoms with Crippen molar-refractivity contribution in [2.45, 2.75) is 38.8 Å². The summed E-state index contributed by atoms with van der Waals surface area (Å²) < 4.78 is 21.4. The van der Waals surface area contributed by atoms with Crippen molar-refractivity contribution in [3.05, 3.63) is 99.3 Å². The third-order valence-corrected chi connectivity index (χ3v) is 8.02. The van der Waals surface area contributed by atoms with Gasteiger partial charge in [-0.2, -0.15) is 0 Å². The lowest BCUT2D eigenvalue weighted by atomic mass is 10.1. The maximum absolute atomic E-state index is 13.5. The number of likely N-dealkylation sites (tertiary alicyclic amines) is 2. The van der Waals surface area contributed by atoms with Crippen LogP contribution < -0.4 is 26.6 Å². The van der Waals surface area contributed by atoms with Crippen LogP contribution in [-0.2, 0) is 0 Å². The van der Waals surface area contributed by atoms with E-state index >= 15 is 0 Å². The number of urea groups is 1. The van der Waals surface area contributed by atoms with Crippen LogP contribution in [0.1, 0.15) is 43.1 Å². The molecular formula is C32H33FN8O5. The van der Waals surface area contributed by atoms with E-state index in [9.17, 15) is 23.6 Å². The molecule has 0 aliphatic carbocycles. The first kappa shape index (κ1) is 30.6. The van der Waals surface area contributed by atoms with Gasteiger partial charge in [0.1, 0.15) is 29.3 Å². The molecule has 6 rings (SSSR count). The summed E-state index contributed by atoms with van der Waals surface area (Å²) in [6.45, 7) is 7.05. The molecule has 0 bridgehead atoms. The molecule has 46 heavy (non-hydrogen) atoms. The van der Waals surface area contributed by atoms with Crippen LogP contribution in [0.15, 0.2) is 76.7 Å². The van der Waals surface area contributed by atoms with Crippen LogP contribution in [0.5, 0.6) is 11.6 Å². The smallest absolute Gasteiger partial charge is 0.335 e. The Balaban J connectivity index is 1.10. The van der Waals surface area contributed by atoms with E-state index in [0.717, 1.165) is 29.8 Å². The molecule has 2 aromatic heterocycles. The van der Waals surface area contributed by atoms with Crippen LogP contribution >= 0.6 is 0 Å². The molecule has 2 N–H and O–H groups in total. The second-order valence-electron chi connectivity index (χ2n) is 11.5. The molecule has 2 aliphatic rings. The maximum atomic E-state index is 13.5. The largest absolute Gasteiger partial charge is 0.439 e. The van der Waals surface area contributed by atoms with E-state index in [4.69, 9.17) is 4.74 Å². The van der Waals surface area contributed by atoms with Gasteiger partial charge in [0.2, 0.25) is 5.88 Å². The number of halogens is 1. The van der Waals surface area contributed by atoms with E-state index in [1.807, 2.05) is 0 Å². The molecule has 0 atom stereocenters. The Hall–Kier alpha value is -5.37. The van der Waals surface area contributed by atoms with Crippen molar-refractivity contribution < 1.29 is 18.7 Å². The minimum Gasteiger partial charge on any atom is -0.439 e. The summed E-state index contributed by atoms with van der Waals surface area (Å²) in [7, 11) is 0. The van der Waals surface area contributed by atoms with E-state index in [-0.39, 0.29) is 29.2 Å². The topological polar surface area (TPSA) is 144 Å². The highest BCUT2D eigenvalue weighted by Crippen LogP contribution is 2.24. The lowest BCUT2D eigenvalue weighted by Gasteiger charge is -2.43. The van der Waals surface area contributed by atoms with E-state index in [0.29, 0.717) is 36.4 Å². The molecular weight excluding hydrogens is 595 g/mol. The number of benzene rings is 2.